The first kappa shape index (κ1) is 22.4. The van der Waals surface area contributed by atoms with Gasteiger partial charge >= 0.3 is 0 Å². The van der Waals surface area contributed by atoms with Crippen LogP contribution in [0.25, 0.3) is 0 Å². The van der Waals surface area contributed by atoms with Crippen molar-refractivity contribution in [2.45, 2.75) is 6.42 Å². The minimum absolute atomic E-state index is 0. The summed E-state index contributed by atoms with van der Waals surface area (Å²) in [6.45, 7) is 2.05. The Hall–Kier alpha value is -1.88. The molecule has 1 aromatic carbocycles. The molecule has 0 aliphatic carbocycles. The highest BCUT2D eigenvalue weighted by molar-refractivity contribution is 14.0. The molecule has 1 aliphatic heterocycles. The van der Waals surface area contributed by atoms with Gasteiger partial charge in [0.2, 0.25) is 5.91 Å². The van der Waals surface area contributed by atoms with E-state index in [4.69, 9.17) is 11.6 Å². The number of nitrogens with zero attached hydrogens (tertiary/aromatic N) is 5. The molecule has 0 radical (unpaired) electrons. The van der Waals surface area contributed by atoms with E-state index in [9.17, 15) is 9.18 Å². The zero-order valence-electron chi connectivity index (χ0n) is 15.7. The van der Waals surface area contributed by atoms with Crippen molar-refractivity contribution >= 4 is 53.1 Å². The number of anilines is 1. The summed E-state index contributed by atoms with van der Waals surface area (Å²) in [6, 6.07) is 4.38. The summed E-state index contributed by atoms with van der Waals surface area (Å²) in [4.78, 5) is 20.4. The fraction of sp³-hybridized carbons (Fsp3) is 0.389. The van der Waals surface area contributed by atoms with Gasteiger partial charge in [0, 0.05) is 44.9 Å². The van der Waals surface area contributed by atoms with E-state index in [2.05, 4.69) is 15.4 Å². The lowest BCUT2D eigenvalue weighted by molar-refractivity contribution is -0.120. The van der Waals surface area contributed by atoms with Crippen molar-refractivity contribution in [2.24, 2.45) is 12.0 Å². The highest BCUT2D eigenvalue weighted by atomic mass is 127. The number of nitrogens with one attached hydrogen (secondary N) is 1. The highest BCUT2D eigenvalue weighted by Crippen LogP contribution is 2.18. The molecule has 7 nitrogen and oxygen atoms in total. The van der Waals surface area contributed by atoms with Crippen LogP contribution in [0.5, 0.6) is 0 Å². The number of carbonyl (C=O) groups is 1. The number of rotatable bonds is 4. The molecule has 28 heavy (non-hydrogen) atoms. The van der Waals surface area contributed by atoms with Crippen LogP contribution in [0.2, 0.25) is 5.02 Å². The number of piperazine rings is 1. The van der Waals surface area contributed by atoms with Crippen molar-refractivity contribution < 1.29 is 9.18 Å². The van der Waals surface area contributed by atoms with Gasteiger partial charge in [-0.15, -0.1) is 24.0 Å². The summed E-state index contributed by atoms with van der Waals surface area (Å²) in [6.07, 6.45) is 4.14. The van der Waals surface area contributed by atoms with Gasteiger partial charge < -0.3 is 15.1 Å². The standard InChI is InChI=1S/C18H22ClFN6O.HI/c1-21-18(22-6-5-13-3-4-14(20)9-16(13)19)25-7-8-26(17(27)12-25)15-10-23-24(2)11-15;/h3-4,9-11H,5-8,12H2,1-2H3,(H,21,22);1H. The van der Waals surface area contributed by atoms with Crippen LogP contribution in [-0.4, -0.2) is 59.8 Å². The quantitative estimate of drug-likeness (QED) is 0.382. The number of hydrogen-bond donors (Lipinski definition) is 1. The van der Waals surface area contributed by atoms with Crippen LogP contribution in [0.1, 0.15) is 5.56 Å². The van der Waals surface area contributed by atoms with Crippen LogP contribution in [-0.2, 0) is 18.3 Å². The van der Waals surface area contributed by atoms with Crippen LogP contribution in [0.4, 0.5) is 10.1 Å². The Bertz CT molecular complexity index is 858. The number of amides is 1. The largest absolute Gasteiger partial charge is 0.356 e. The summed E-state index contributed by atoms with van der Waals surface area (Å²) in [7, 11) is 3.51. The molecule has 10 heteroatoms. The van der Waals surface area contributed by atoms with Crippen LogP contribution in [0, 0.1) is 5.82 Å². The first-order valence-corrected chi connectivity index (χ1v) is 9.04. The summed E-state index contributed by atoms with van der Waals surface area (Å²) in [5.74, 6) is 0.309. The average Bonchev–Trinajstić information content (AvgIpc) is 3.06. The number of benzene rings is 1. The molecule has 1 fully saturated rings. The molecule has 1 aliphatic rings. The molecule has 1 saturated heterocycles. The molecule has 3 rings (SSSR count). The highest BCUT2D eigenvalue weighted by Gasteiger charge is 2.27. The first-order chi connectivity index (χ1) is 13.0. The van der Waals surface area contributed by atoms with Gasteiger partial charge in [-0.2, -0.15) is 5.10 Å². The predicted molar refractivity (Wildman–Crippen MR) is 119 cm³/mol. The van der Waals surface area contributed by atoms with Gasteiger partial charge in [-0.05, 0) is 24.1 Å². The number of hydrogen-bond acceptors (Lipinski definition) is 3. The van der Waals surface area contributed by atoms with Gasteiger partial charge in [-0.3, -0.25) is 14.5 Å². The second-order valence-electron chi connectivity index (χ2n) is 6.30. The fourth-order valence-corrected chi connectivity index (χ4v) is 3.30. The Balaban J connectivity index is 0.00000280. The molecule has 1 amide bonds. The number of aryl methyl sites for hydroxylation is 1. The number of halogens is 3. The summed E-state index contributed by atoms with van der Waals surface area (Å²) in [5, 5.41) is 7.77. The van der Waals surface area contributed by atoms with Crippen molar-refractivity contribution in [3.05, 3.63) is 47.0 Å². The van der Waals surface area contributed by atoms with Crippen molar-refractivity contribution in [2.75, 3.05) is 38.1 Å². The third-order valence-corrected chi connectivity index (χ3v) is 4.78. The summed E-state index contributed by atoms with van der Waals surface area (Å²) in [5.41, 5.74) is 1.66. The molecular weight excluding hydrogens is 498 g/mol. The van der Waals surface area contributed by atoms with Gasteiger partial charge in [-0.25, -0.2) is 4.39 Å². The predicted octanol–water partition coefficient (Wildman–Crippen LogP) is 2.30. The zero-order chi connectivity index (χ0) is 19.4. The second kappa shape index (κ2) is 10.1. The van der Waals surface area contributed by atoms with Crippen LogP contribution >= 0.6 is 35.6 Å². The zero-order valence-corrected chi connectivity index (χ0v) is 18.8. The number of aromatic nitrogens is 2. The molecule has 0 saturated carbocycles. The van der Waals surface area contributed by atoms with E-state index in [1.54, 1.807) is 28.9 Å². The maximum absolute atomic E-state index is 13.1. The monoisotopic (exact) mass is 520 g/mol. The molecule has 2 aromatic rings. The van der Waals surface area contributed by atoms with Gasteiger partial charge in [0.15, 0.2) is 5.96 Å². The van der Waals surface area contributed by atoms with Gasteiger partial charge in [0.05, 0.1) is 11.9 Å². The van der Waals surface area contributed by atoms with Gasteiger partial charge in [0.1, 0.15) is 12.4 Å². The molecule has 0 spiro atoms. The molecule has 1 aromatic heterocycles. The van der Waals surface area contributed by atoms with E-state index in [0.717, 1.165) is 11.3 Å². The Kier molecular flexibility index (Phi) is 8.05. The third kappa shape index (κ3) is 5.34. The van der Waals surface area contributed by atoms with E-state index in [-0.39, 0.29) is 42.2 Å². The molecule has 0 bridgehead atoms. The first-order valence-electron chi connectivity index (χ1n) is 8.66. The van der Waals surface area contributed by atoms with Gasteiger partial charge in [0.25, 0.3) is 0 Å². The normalized spacial score (nSPS) is 14.9. The molecule has 1 N–H and O–H groups in total. The van der Waals surface area contributed by atoms with Crippen LogP contribution < -0.4 is 10.2 Å². The Morgan fingerprint density at radius 3 is 2.79 bits per heavy atom. The Morgan fingerprint density at radius 1 is 1.39 bits per heavy atom. The van der Waals surface area contributed by atoms with E-state index in [1.807, 2.05) is 18.1 Å². The number of guanidine groups is 1. The average molecular weight is 521 g/mol. The van der Waals surface area contributed by atoms with E-state index in [1.165, 1.54) is 12.1 Å². The minimum atomic E-state index is -0.350. The van der Waals surface area contributed by atoms with E-state index < -0.39 is 0 Å². The number of aliphatic imine (C=N–C) groups is 1. The fourth-order valence-electron chi connectivity index (χ4n) is 3.04. The molecular formula is C18H23ClFIN6O. The summed E-state index contributed by atoms with van der Waals surface area (Å²) >= 11 is 6.06. The van der Waals surface area contributed by atoms with Crippen molar-refractivity contribution in [3.8, 4) is 0 Å². The number of carbonyl (C=O) groups excluding carboxylic acids is 1. The third-order valence-electron chi connectivity index (χ3n) is 4.43. The lowest BCUT2D eigenvalue weighted by Gasteiger charge is -2.35. The maximum Gasteiger partial charge on any atom is 0.246 e. The van der Waals surface area contributed by atoms with Crippen LogP contribution in [0.15, 0.2) is 35.6 Å². The maximum atomic E-state index is 13.1. The van der Waals surface area contributed by atoms with Gasteiger partial charge in [-0.1, -0.05) is 17.7 Å². The molecule has 0 unspecified atom stereocenters. The lowest BCUT2D eigenvalue weighted by atomic mass is 10.1. The Labute approximate surface area is 185 Å². The molecule has 0 atom stereocenters. The molecule has 152 valence electrons. The van der Waals surface area contributed by atoms with Crippen molar-refractivity contribution in [1.82, 2.24) is 20.0 Å². The van der Waals surface area contributed by atoms with E-state index >= 15 is 0 Å². The van der Waals surface area contributed by atoms with E-state index in [0.29, 0.717) is 37.0 Å². The second-order valence-corrected chi connectivity index (χ2v) is 6.71. The van der Waals surface area contributed by atoms with Crippen molar-refractivity contribution in [1.29, 1.82) is 0 Å². The summed E-state index contributed by atoms with van der Waals surface area (Å²) < 4.78 is 14.8. The Morgan fingerprint density at radius 2 is 2.18 bits per heavy atom. The smallest absolute Gasteiger partial charge is 0.246 e. The molecule has 2 heterocycles. The lowest BCUT2D eigenvalue weighted by Crippen LogP contribution is -2.55. The van der Waals surface area contributed by atoms with Crippen molar-refractivity contribution in [3.63, 3.8) is 0 Å². The SMILES string of the molecule is CN=C(NCCc1ccc(F)cc1Cl)N1CCN(c2cnn(C)c2)C(=O)C1.I. The van der Waals surface area contributed by atoms with Crippen LogP contribution in [0.3, 0.4) is 0 Å². The minimum Gasteiger partial charge on any atom is -0.356 e. The topological polar surface area (TPSA) is 65.8 Å².